The highest BCUT2D eigenvalue weighted by atomic mass is 16.6. The average molecular weight is 572 g/mol. The third-order valence-electron chi connectivity index (χ3n) is 6.82. The predicted octanol–water partition coefficient (Wildman–Crippen LogP) is 5.98. The van der Waals surface area contributed by atoms with Crippen molar-refractivity contribution in [3.63, 3.8) is 0 Å². The third kappa shape index (κ3) is 9.07. The number of nitrogens with one attached hydrogen (secondary N) is 1. The van der Waals surface area contributed by atoms with Gasteiger partial charge in [-0.3, -0.25) is 4.79 Å². The molecule has 0 unspecified atom stereocenters. The number of hydrogen-bond acceptors (Lipinski definition) is 6. The maximum absolute atomic E-state index is 13.6. The Morgan fingerprint density at radius 2 is 1.83 bits per heavy atom. The number of amides is 3. The number of nitrogens with zero attached hydrogens (tertiary/aromatic N) is 3. The molecule has 42 heavy (non-hydrogen) atoms. The zero-order valence-electron chi connectivity index (χ0n) is 24.9. The van der Waals surface area contributed by atoms with Crippen LogP contribution in [0.4, 0.5) is 16.2 Å². The molecule has 0 saturated carbocycles. The summed E-state index contributed by atoms with van der Waals surface area (Å²) in [6, 6.07) is 13.9. The minimum absolute atomic E-state index is 0.0961. The minimum atomic E-state index is -0.400. The molecular formula is C33H41N5O4. The topological polar surface area (TPSA) is 109 Å². The Bertz CT molecular complexity index is 1390. The number of benzene rings is 2. The number of ether oxygens (including phenoxy) is 2. The Morgan fingerprint density at radius 1 is 1.07 bits per heavy atom. The number of allylic oxidation sites excluding steroid dienone is 4. The molecule has 2 aromatic rings. The summed E-state index contributed by atoms with van der Waals surface area (Å²) in [5.41, 5.74) is 9.42. The molecule has 222 valence electrons. The number of nitrogen functional groups attached to an aromatic ring is 1. The molecule has 0 saturated heterocycles. The van der Waals surface area contributed by atoms with Gasteiger partial charge in [-0.1, -0.05) is 61.9 Å². The summed E-state index contributed by atoms with van der Waals surface area (Å²) in [6.45, 7) is 5.92. The Kier molecular flexibility index (Phi) is 10.2. The van der Waals surface area contributed by atoms with Crippen molar-refractivity contribution in [2.75, 3.05) is 44.8 Å². The van der Waals surface area contributed by atoms with Gasteiger partial charge in [-0.05, 0) is 62.2 Å². The van der Waals surface area contributed by atoms with E-state index in [1.807, 2.05) is 44.4 Å². The largest absolute Gasteiger partial charge is 0.488 e. The first-order valence-electron chi connectivity index (χ1n) is 14.2. The van der Waals surface area contributed by atoms with Gasteiger partial charge in [-0.2, -0.15) is 4.99 Å². The van der Waals surface area contributed by atoms with Gasteiger partial charge in [0.25, 0.3) is 5.91 Å². The molecule has 4 rings (SSSR count). The molecule has 0 spiro atoms. The van der Waals surface area contributed by atoms with Gasteiger partial charge in [-0.15, -0.1) is 0 Å². The summed E-state index contributed by atoms with van der Waals surface area (Å²) < 4.78 is 11.6. The van der Waals surface area contributed by atoms with Gasteiger partial charge in [-0.25, -0.2) is 4.79 Å². The summed E-state index contributed by atoms with van der Waals surface area (Å²) in [5, 5.41) is 2.84. The van der Waals surface area contributed by atoms with Crippen molar-refractivity contribution >= 4 is 29.2 Å². The normalized spacial score (nSPS) is 15.9. The number of para-hydroxylation sites is 2. The number of rotatable bonds is 10. The Labute approximate surface area is 248 Å². The van der Waals surface area contributed by atoms with E-state index >= 15 is 0 Å². The van der Waals surface area contributed by atoms with Gasteiger partial charge >= 0.3 is 6.03 Å². The quantitative estimate of drug-likeness (QED) is 0.340. The fourth-order valence-corrected chi connectivity index (χ4v) is 5.15. The second-order valence-corrected chi connectivity index (χ2v) is 11.8. The van der Waals surface area contributed by atoms with Gasteiger partial charge in [0.1, 0.15) is 12.0 Å². The van der Waals surface area contributed by atoms with Crippen molar-refractivity contribution < 1.29 is 19.1 Å². The fourth-order valence-electron chi connectivity index (χ4n) is 5.15. The van der Waals surface area contributed by atoms with Crippen LogP contribution >= 0.6 is 0 Å². The summed E-state index contributed by atoms with van der Waals surface area (Å²) in [7, 11) is 4.03. The van der Waals surface area contributed by atoms with E-state index in [0.29, 0.717) is 42.2 Å². The van der Waals surface area contributed by atoms with Crippen molar-refractivity contribution in [2.45, 2.75) is 39.7 Å². The van der Waals surface area contributed by atoms with Gasteiger partial charge in [0.15, 0.2) is 6.61 Å². The van der Waals surface area contributed by atoms with Gasteiger partial charge in [0, 0.05) is 31.6 Å². The SMILES string of the molecule is CN(C)CC(C)(C)CN(Cc1ccc(C(=O)Nc2ccccc2N)cc1)C(=O)N=C1COC=C(CC2=CC=CCC2)O1. The summed E-state index contributed by atoms with van der Waals surface area (Å²) >= 11 is 0. The Morgan fingerprint density at radius 3 is 2.52 bits per heavy atom. The van der Waals surface area contributed by atoms with Crippen LogP contribution in [-0.2, 0) is 16.0 Å². The van der Waals surface area contributed by atoms with Gasteiger partial charge < -0.3 is 30.3 Å². The van der Waals surface area contributed by atoms with Crippen LogP contribution in [0.25, 0.3) is 0 Å². The Balaban J connectivity index is 1.47. The number of nitrogens with two attached hydrogens (primary N) is 1. The summed E-state index contributed by atoms with van der Waals surface area (Å²) in [4.78, 5) is 34.5. The first-order chi connectivity index (χ1) is 20.1. The standard InChI is InChI=1S/C33H41N5O4/c1-33(2,22-37(3)4)23-38(32(40)36-30-21-41-20-27(42-30)18-24-10-6-5-7-11-24)19-25-14-16-26(17-15-25)31(39)35-29-13-9-8-12-28(29)34/h5-6,8-10,12-17,20H,7,11,18-19,21-23,34H2,1-4H3,(H,35,39). The molecule has 3 N–H and O–H groups in total. The van der Waals surface area contributed by atoms with E-state index < -0.39 is 6.03 Å². The van der Waals surface area contributed by atoms with E-state index in [4.69, 9.17) is 15.2 Å². The average Bonchev–Trinajstić information content (AvgIpc) is 2.94. The van der Waals surface area contributed by atoms with Gasteiger partial charge in [0.2, 0.25) is 5.90 Å². The molecule has 0 radical (unpaired) electrons. The monoisotopic (exact) mass is 571 g/mol. The highest BCUT2D eigenvalue weighted by molar-refractivity contribution is 6.05. The number of anilines is 2. The molecule has 2 aliphatic rings. The van der Waals surface area contributed by atoms with Crippen LogP contribution < -0.4 is 11.1 Å². The summed E-state index contributed by atoms with van der Waals surface area (Å²) in [6.07, 6.45) is 10.5. The van der Waals surface area contributed by atoms with E-state index in [1.165, 1.54) is 5.57 Å². The van der Waals surface area contributed by atoms with E-state index in [0.717, 1.165) is 24.9 Å². The van der Waals surface area contributed by atoms with Crippen molar-refractivity contribution in [1.82, 2.24) is 9.80 Å². The first kappa shape index (κ1) is 30.6. The van der Waals surface area contributed by atoms with Crippen LogP contribution in [0.5, 0.6) is 0 Å². The van der Waals surface area contributed by atoms with Gasteiger partial charge in [0.05, 0.1) is 11.4 Å². The molecule has 0 bridgehead atoms. The van der Waals surface area contributed by atoms with Crippen LogP contribution in [0.1, 0.15) is 49.0 Å². The highest BCUT2D eigenvalue weighted by Gasteiger charge is 2.27. The predicted molar refractivity (Wildman–Crippen MR) is 167 cm³/mol. The van der Waals surface area contributed by atoms with Crippen molar-refractivity contribution in [1.29, 1.82) is 0 Å². The van der Waals surface area contributed by atoms with Crippen LogP contribution in [0.2, 0.25) is 0 Å². The number of aliphatic imine (C=N–C) groups is 1. The lowest BCUT2D eigenvalue weighted by molar-refractivity contribution is 0.102. The summed E-state index contributed by atoms with van der Waals surface area (Å²) in [5.74, 6) is 0.622. The molecular weight excluding hydrogens is 530 g/mol. The molecule has 0 fully saturated rings. The molecule has 9 heteroatoms. The number of urea groups is 1. The van der Waals surface area contributed by atoms with Crippen LogP contribution in [-0.4, -0.2) is 61.4 Å². The highest BCUT2D eigenvalue weighted by Crippen LogP contribution is 2.24. The molecule has 9 nitrogen and oxygen atoms in total. The second-order valence-electron chi connectivity index (χ2n) is 11.8. The molecule has 1 aliphatic carbocycles. The minimum Gasteiger partial charge on any atom is -0.488 e. The molecule has 2 aromatic carbocycles. The fraction of sp³-hybridized carbons (Fsp3) is 0.364. The van der Waals surface area contributed by atoms with Crippen LogP contribution in [0, 0.1) is 5.41 Å². The molecule has 3 amide bonds. The maximum Gasteiger partial charge on any atom is 0.347 e. The lowest BCUT2D eigenvalue weighted by Crippen LogP contribution is -2.42. The zero-order valence-corrected chi connectivity index (χ0v) is 24.9. The number of hydrogen-bond donors (Lipinski definition) is 2. The molecule has 0 atom stereocenters. The molecule has 1 aliphatic heterocycles. The van der Waals surface area contributed by atoms with Crippen LogP contribution in [0.15, 0.2) is 89.3 Å². The number of carbonyl (C=O) groups excluding carboxylic acids is 2. The van der Waals surface area contributed by atoms with Crippen molar-refractivity contribution in [3.05, 3.63) is 95.5 Å². The molecule has 1 heterocycles. The lowest BCUT2D eigenvalue weighted by atomic mass is 9.92. The first-order valence-corrected chi connectivity index (χ1v) is 14.2. The third-order valence-corrected chi connectivity index (χ3v) is 6.82. The van der Waals surface area contributed by atoms with Crippen molar-refractivity contribution in [3.8, 4) is 0 Å². The maximum atomic E-state index is 13.6. The van der Waals surface area contributed by atoms with Crippen molar-refractivity contribution in [2.24, 2.45) is 10.4 Å². The smallest absolute Gasteiger partial charge is 0.347 e. The Hall–Kier alpha value is -4.37. The van der Waals surface area contributed by atoms with E-state index in [1.54, 1.807) is 35.4 Å². The second kappa shape index (κ2) is 14.0. The van der Waals surface area contributed by atoms with E-state index in [-0.39, 0.29) is 23.8 Å². The number of carbonyl (C=O) groups is 2. The van der Waals surface area contributed by atoms with Crippen LogP contribution in [0.3, 0.4) is 0 Å². The molecule has 0 aromatic heterocycles. The zero-order chi connectivity index (χ0) is 30.1. The lowest BCUT2D eigenvalue weighted by Gasteiger charge is -2.34. The van der Waals surface area contributed by atoms with E-state index in [2.05, 4.69) is 41.2 Å². The van der Waals surface area contributed by atoms with E-state index in [9.17, 15) is 9.59 Å².